The maximum Gasteiger partial charge on any atom is 0.573 e. The van der Waals surface area contributed by atoms with Gasteiger partial charge in [-0.15, -0.1) is 13.2 Å². The van der Waals surface area contributed by atoms with Crippen molar-refractivity contribution in [2.45, 2.75) is 6.36 Å². The van der Waals surface area contributed by atoms with E-state index in [9.17, 15) is 18.0 Å². The van der Waals surface area contributed by atoms with E-state index in [0.717, 1.165) is 12.1 Å². The maximum atomic E-state index is 12.0. The maximum absolute atomic E-state index is 12.0. The first-order valence-corrected chi connectivity index (χ1v) is 3.98. The van der Waals surface area contributed by atoms with Gasteiger partial charge in [0.25, 0.3) is 0 Å². The number of isocyanates is 1. The van der Waals surface area contributed by atoms with Crippen LogP contribution in [0.1, 0.15) is 0 Å². The summed E-state index contributed by atoms with van der Waals surface area (Å²) >= 11 is 0. The molecule has 1 aromatic rings. The van der Waals surface area contributed by atoms with Crippen molar-refractivity contribution in [1.82, 2.24) is 0 Å². The van der Waals surface area contributed by atoms with Crippen LogP contribution in [0.4, 0.5) is 18.9 Å². The molecule has 0 spiro atoms. The fraction of sp³-hybridized carbons (Fsp3) is 0.222. The summed E-state index contributed by atoms with van der Waals surface area (Å²) in [6.07, 6.45) is -3.73. The topological polar surface area (TPSA) is 47.9 Å². The normalized spacial score (nSPS) is 10.5. The van der Waals surface area contributed by atoms with Crippen LogP contribution >= 0.6 is 0 Å². The molecule has 4 nitrogen and oxygen atoms in total. The van der Waals surface area contributed by atoms with E-state index in [1.165, 1.54) is 19.2 Å². The summed E-state index contributed by atoms with van der Waals surface area (Å²) in [5.41, 5.74) is -0.350. The smallest absolute Gasteiger partial charge is 0.494 e. The number of aliphatic imine (C=N–C) groups is 1. The SMILES string of the molecule is COc1cccc(OC(F)(F)F)c1N=C=O. The third-order valence-corrected chi connectivity index (χ3v) is 1.57. The van der Waals surface area contributed by atoms with Crippen molar-refractivity contribution in [3.8, 4) is 11.5 Å². The molecule has 1 rings (SSSR count). The summed E-state index contributed by atoms with van der Waals surface area (Å²) < 4.78 is 44.4. The predicted octanol–water partition coefficient (Wildman–Crippen LogP) is 2.56. The number of carbonyl (C=O) groups excluding carboxylic acids is 1. The Bertz CT molecular complexity index is 424. The molecular weight excluding hydrogens is 227 g/mol. The van der Waals surface area contributed by atoms with Crippen molar-refractivity contribution in [1.29, 1.82) is 0 Å². The third kappa shape index (κ3) is 2.99. The lowest BCUT2D eigenvalue weighted by Crippen LogP contribution is -2.17. The van der Waals surface area contributed by atoms with Crippen LogP contribution in [0.2, 0.25) is 0 Å². The highest BCUT2D eigenvalue weighted by Crippen LogP contribution is 2.39. The highest BCUT2D eigenvalue weighted by molar-refractivity contribution is 5.65. The monoisotopic (exact) mass is 233 g/mol. The summed E-state index contributed by atoms with van der Waals surface area (Å²) in [5, 5.41) is 0. The number of alkyl halides is 3. The molecule has 0 aliphatic rings. The van der Waals surface area contributed by atoms with Gasteiger partial charge in [0.15, 0.2) is 11.4 Å². The van der Waals surface area contributed by atoms with Gasteiger partial charge in [-0.3, -0.25) is 0 Å². The molecule has 0 atom stereocenters. The van der Waals surface area contributed by atoms with Crippen molar-refractivity contribution in [3.63, 3.8) is 0 Å². The molecule has 0 N–H and O–H groups in total. The summed E-state index contributed by atoms with van der Waals surface area (Å²) in [7, 11) is 1.23. The van der Waals surface area contributed by atoms with Gasteiger partial charge in [-0.25, -0.2) is 4.79 Å². The fourth-order valence-corrected chi connectivity index (χ4v) is 1.03. The van der Waals surface area contributed by atoms with Crippen molar-refractivity contribution in [2.75, 3.05) is 7.11 Å². The van der Waals surface area contributed by atoms with E-state index in [1.54, 1.807) is 0 Å². The largest absolute Gasteiger partial charge is 0.573 e. The molecule has 16 heavy (non-hydrogen) atoms. The zero-order chi connectivity index (χ0) is 12.2. The van der Waals surface area contributed by atoms with E-state index in [2.05, 4.69) is 9.73 Å². The average molecular weight is 233 g/mol. The Labute approximate surface area is 88.3 Å². The number of ether oxygens (including phenoxy) is 2. The van der Waals surface area contributed by atoms with Crippen LogP contribution in [0, 0.1) is 0 Å². The van der Waals surface area contributed by atoms with Crippen molar-refractivity contribution < 1.29 is 27.4 Å². The minimum absolute atomic E-state index is 0.00917. The Hall–Kier alpha value is -2.01. The van der Waals surface area contributed by atoms with Crippen LogP contribution in [0.25, 0.3) is 0 Å². The van der Waals surface area contributed by atoms with E-state index in [0.29, 0.717) is 0 Å². The zero-order valence-electron chi connectivity index (χ0n) is 8.04. The molecule has 1 aromatic carbocycles. The minimum Gasteiger partial charge on any atom is -0.494 e. The first-order chi connectivity index (χ1) is 7.48. The van der Waals surface area contributed by atoms with Gasteiger partial charge in [-0.1, -0.05) is 6.07 Å². The molecule has 86 valence electrons. The van der Waals surface area contributed by atoms with Gasteiger partial charge in [-0.05, 0) is 12.1 Å². The molecule has 0 bridgehead atoms. The lowest BCUT2D eigenvalue weighted by molar-refractivity contribution is -0.274. The average Bonchev–Trinajstić information content (AvgIpc) is 2.18. The van der Waals surface area contributed by atoms with Crippen LogP contribution in [-0.2, 0) is 4.79 Å². The summed E-state index contributed by atoms with van der Waals surface area (Å²) in [4.78, 5) is 13.2. The van der Waals surface area contributed by atoms with Crippen LogP contribution in [0.3, 0.4) is 0 Å². The zero-order valence-corrected chi connectivity index (χ0v) is 8.04. The Morgan fingerprint density at radius 1 is 1.31 bits per heavy atom. The molecule has 0 amide bonds. The van der Waals surface area contributed by atoms with E-state index < -0.39 is 12.1 Å². The number of benzene rings is 1. The van der Waals surface area contributed by atoms with Gasteiger partial charge in [0, 0.05) is 0 Å². The number of methoxy groups -OCH3 is 1. The van der Waals surface area contributed by atoms with E-state index in [1.807, 2.05) is 0 Å². The fourth-order valence-electron chi connectivity index (χ4n) is 1.03. The van der Waals surface area contributed by atoms with Gasteiger partial charge in [0.05, 0.1) is 7.11 Å². The lowest BCUT2D eigenvalue weighted by atomic mass is 10.2. The molecule has 0 radical (unpaired) electrons. The Morgan fingerprint density at radius 3 is 2.44 bits per heavy atom. The summed E-state index contributed by atoms with van der Waals surface area (Å²) in [6, 6.07) is 3.65. The van der Waals surface area contributed by atoms with Crippen LogP contribution in [-0.4, -0.2) is 19.6 Å². The molecule has 0 aromatic heterocycles. The second-order valence-electron chi connectivity index (χ2n) is 2.56. The molecule has 0 saturated heterocycles. The number of halogens is 3. The van der Waals surface area contributed by atoms with Crippen molar-refractivity contribution in [3.05, 3.63) is 18.2 Å². The quantitative estimate of drug-likeness (QED) is 0.595. The Morgan fingerprint density at radius 2 is 1.94 bits per heavy atom. The molecule has 0 aliphatic carbocycles. The minimum atomic E-state index is -4.86. The molecule has 0 saturated carbocycles. The van der Waals surface area contributed by atoms with Gasteiger partial charge < -0.3 is 9.47 Å². The number of rotatable bonds is 3. The molecule has 7 heteroatoms. The predicted molar refractivity (Wildman–Crippen MR) is 47.5 cm³/mol. The van der Waals surface area contributed by atoms with Crippen molar-refractivity contribution >= 4 is 11.8 Å². The van der Waals surface area contributed by atoms with E-state index in [4.69, 9.17) is 4.74 Å². The lowest BCUT2D eigenvalue weighted by Gasteiger charge is -2.12. The Balaban J connectivity index is 3.22. The highest BCUT2D eigenvalue weighted by atomic mass is 19.4. The number of hydrogen-bond donors (Lipinski definition) is 0. The molecule has 0 unspecified atom stereocenters. The number of para-hydroxylation sites is 1. The van der Waals surface area contributed by atoms with Gasteiger partial charge in [-0.2, -0.15) is 4.99 Å². The van der Waals surface area contributed by atoms with Crippen LogP contribution in [0.15, 0.2) is 23.2 Å². The van der Waals surface area contributed by atoms with Crippen LogP contribution < -0.4 is 9.47 Å². The second-order valence-corrected chi connectivity index (χ2v) is 2.56. The van der Waals surface area contributed by atoms with Crippen LogP contribution in [0.5, 0.6) is 11.5 Å². The summed E-state index contributed by atoms with van der Waals surface area (Å²) in [5.74, 6) is -0.625. The highest BCUT2D eigenvalue weighted by Gasteiger charge is 2.32. The first kappa shape index (κ1) is 12.1. The molecular formula is C9H6F3NO3. The molecule has 0 fully saturated rings. The molecule has 0 aliphatic heterocycles. The van der Waals surface area contributed by atoms with E-state index in [-0.39, 0.29) is 11.4 Å². The van der Waals surface area contributed by atoms with Gasteiger partial charge >= 0.3 is 6.36 Å². The molecule has 0 heterocycles. The Kier molecular flexibility index (Phi) is 3.52. The first-order valence-electron chi connectivity index (χ1n) is 3.98. The number of hydrogen-bond acceptors (Lipinski definition) is 4. The van der Waals surface area contributed by atoms with Gasteiger partial charge in [0.2, 0.25) is 6.08 Å². The van der Waals surface area contributed by atoms with Crippen molar-refractivity contribution in [2.24, 2.45) is 4.99 Å². The van der Waals surface area contributed by atoms with Gasteiger partial charge in [0.1, 0.15) is 5.75 Å². The number of nitrogens with zero attached hydrogens (tertiary/aromatic N) is 1. The van der Waals surface area contributed by atoms with E-state index >= 15 is 0 Å². The third-order valence-electron chi connectivity index (χ3n) is 1.57. The summed E-state index contributed by atoms with van der Waals surface area (Å²) in [6.45, 7) is 0. The standard InChI is InChI=1S/C9H6F3NO3/c1-15-6-3-2-4-7(8(6)13-5-14)16-9(10,11)12/h2-4H,1H3. The second kappa shape index (κ2) is 4.67.